The molecule has 5 nitrogen and oxygen atoms in total. The Morgan fingerprint density at radius 3 is 2.48 bits per heavy atom. The molecule has 2 aromatic carbocycles. The Kier molecular flexibility index (Phi) is 3.44. The van der Waals surface area contributed by atoms with Crippen molar-refractivity contribution in [3.8, 4) is 17.2 Å². The van der Waals surface area contributed by atoms with Crippen molar-refractivity contribution in [1.82, 2.24) is 4.98 Å². The van der Waals surface area contributed by atoms with Gasteiger partial charge in [0.2, 0.25) is 5.89 Å². The van der Waals surface area contributed by atoms with Crippen LogP contribution in [0.5, 0.6) is 5.75 Å². The summed E-state index contributed by atoms with van der Waals surface area (Å²) in [4.78, 5) is 15.0. The molecule has 118 valence electrons. The molecule has 3 aromatic rings. The van der Waals surface area contributed by atoms with Gasteiger partial charge in [-0.05, 0) is 24.3 Å². The highest BCUT2D eigenvalue weighted by atomic mass is 19.4. The van der Waals surface area contributed by atoms with Crippen molar-refractivity contribution in [2.45, 2.75) is 6.36 Å². The summed E-state index contributed by atoms with van der Waals surface area (Å²) >= 11 is 0. The molecule has 0 unspecified atom stereocenters. The van der Waals surface area contributed by atoms with Crippen LogP contribution in [0.1, 0.15) is 10.4 Å². The fourth-order valence-corrected chi connectivity index (χ4v) is 2.03. The number of carboxylic acids is 1. The van der Waals surface area contributed by atoms with Gasteiger partial charge in [0.05, 0.1) is 5.56 Å². The summed E-state index contributed by atoms with van der Waals surface area (Å²) < 4.78 is 46.8. The first-order valence-electron chi connectivity index (χ1n) is 6.32. The number of hydrogen-bond acceptors (Lipinski definition) is 4. The number of aromatic carboxylic acids is 1. The van der Waals surface area contributed by atoms with E-state index in [0.29, 0.717) is 5.56 Å². The number of hydrogen-bond donors (Lipinski definition) is 1. The molecule has 0 aliphatic heterocycles. The molecule has 8 heteroatoms. The molecule has 3 rings (SSSR count). The molecular weight excluding hydrogens is 315 g/mol. The highest BCUT2D eigenvalue weighted by Gasteiger charge is 2.33. The van der Waals surface area contributed by atoms with Crippen molar-refractivity contribution >= 4 is 17.1 Å². The van der Waals surface area contributed by atoms with Crippen molar-refractivity contribution in [3.63, 3.8) is 0 Å². The molecule has 0 aliphatic rings. The molecule has 0 amide bonds. The molecule has 1 aromatic heterocycles. The fourth-order valence-electron chi connectivity index (χ4n) is 2.03. The zero-order valence-corrected chi connectivity index (χ0v) is 11.3. The third-order valence-electron chi connectivity index (χ3n) is 2.95. The van der Waals surface area contributed by atoms with Crippen LogP contribution in [-0.2, 0) is 0 Å². The minimum atomic E-state index is -4.98. The van der Waals surface area contributed by atoms with Crippen molar-refractivity contribution < 1.29 is 32.2 Å². The lowest BCUT2D eigenvalue weighted by Crippen LogP contribution is -2.17. The molecule has 0 saturated heterocycles. The lowest BCUT2D eigenvalue weighted by atomic mass is 10.2. The number of benzene rings is 2. The topological polar surface area (TPSA) is 72.6 Å². The predicted molar refractivity (Wildman–Crippen MR) is 73.1 cm³/mol. The van der Waals surface area contributed by atoms with Gasteiger partial charge in [0.15, 0.2) is 16.8 Å². The van der Waals surface area contributed by atoms with Gasteiger partial charge in [-0.25, -0.2) is 9.78 Å². The monoisotopic (exact) mass is 323 g/mol. The largest absolute Gasteiger partial charge is 0.573 e. The predicted octanol–water partition coefficient (Wildman–Crippen LogP) is 4.09. The molecule has 0 spiro atoms. The van der Waals surface area contributed by atoms with E-state index in [4.69, 9.17) is 9.52 Å². The average Bonchev–Trinajstić information content (AvgIpc) is 2.91. The molecule has 0 fully saturated rings. The van der Waals surface area contributed by atoms with Gasteiger partial charge in [0.1, 0.15) is 0 Å². The van der Waals surface area contributed by atoms with Crippen LogP contribution < -0.4 is 4.74 Å². The minimum Gasteiger partial charge on any atom is -0.478 e. The molecule has 0 atom stereocenters. The van der Waals surface area contributed by atoms with Gasteiger partial charge in [0.25, 0.3) is 0 Å². The molecule has 0 bridgehead atoms. The van der Waals surface area contributed by atoms with Gasteiger partial charge < -0.3 is 14.3 Å². The Bertz CT molecular complexity index is 872. The third kappa shape index (κ3) is 3.10. The Hall–Kier alpha value is -3.03. The number of carbonyl (C=O) groups is 1. The Morgan fingerprint density at radius 2 is 1.87 bits per heavy atom. The van der Waals surface area contributed by atoms with E-state index in [9.17, 15) is 18.0 Å². The van der Waals surface area contributed by atoms with Crippen LogP contribution in [0.3, 0.4) is 0 Å². The first kappa shape index (κ1) is 14.9. The highest BCUT2D eigenvalue weighted by molar-refractivity contribution is 5.94. The van der Waals surface area contributed by atoms with Crippen molar-refractivity contribution in [2.24, 2.45) is 0 Å². The van der Waals surface area contributed by atoms with Crippen molar-refractivity contribution in [2.75, 3.05) is 0 Å². The Labute approximate surface area is 126 Å². The van der Waals surface area contributed by atoms with Crippen LogP contribution in [0.2, 0.25) is 0 Å². The summed E-state index contributed by atoms with van der Waals surface area (Å²) in [5.41, 5.74) is -0.166. The zero-order valence-electron chi connectivity index (χ0n) is 11.3. The molecule has 1 N–H and O–H groups in total. The van der Waals surface area contributed by atoms with Crippen LogP contribution in [0, 0.1) is 0 Å². The molecule has 0 saturated carbocycles. The quantitative estimate of drug-likeness (QED) is 0.786. The van der Waals surface area contributed by atoms with Gasteiger partial charge in [0, 0.05) is 5.56 Å². The van der Waals surface area contributed by atoms with Crippen LogP contribution in [0.15, 0.2) is 46.9 Å². The van der Waals surface area contributed by atoms with E-state index in [-0.39, 0.29) is 17.0 Å². The van der Waals surface area contributed by atoms with Crippen LogP contribution in [-0.4, -0.2) is 22.4 Å². The number of aromatic nitrogens is 1. The maximum Gasteiger partial charge on any atom is 0.573 e. The summed E-state index contributed by atoms with van der Waals surface area (Å²) in [6.07, 6.45) is -4.98. The number of oxazole rings is 1. The first-order chi connectivity index (χ1) is 10.8. The summed E-state index contributed by atoms with van der Waals surface area (Å²) in [6, 6.07) is 10.4. The first-order valence-corrected chi connectivity index (χ1v) is 6.32. The van der Waals surface area contributed by atoms with E-state index in [0.717, 1.165) is 12.1 Å². The minimum absolute atomic E-state index is 0.0650. The molecule has 0 radical (unpaired) electrons. The van der Waals surface area contributed by atoms with E-state index in [1.54, 1.807) is 30.3 Å². The number of halogens is 3. The van der Waals surface area contributed by atoms with E-state index >= 15 is 0 Å². The molecule has 23 heavy (non-hydrogen) atoms. The van der Waals surface area contributed by atoms with Gasteiger partial charge in [-0.15, -0.1) is 13.2 Å². The second-order valence-corrected chi connectivity index (χ2v) is 4.56. The lowest BCUT2D eigenvalue weighted by Gasteiger charge is -2.09. The summed E-state index contributed by atoms with van der Waals surface area (Å²) in [5.74, 6) is -2.06. The molecule has 1 heterocycles. The average molecular weight is 323 g/mol. The van der Waals surface area contributed by atoms with E-state index in [1.807, 2.05) is 0 Å². The Morgan fingerprint density at radius 1 is 1.17 bits per heavy atom. The number of ether oxygens (including phenoxy) is 1. The summed E-state index contributed by atoms with van der Waals surface area (Å²) in [5, 5.41) is 8.99. The smallest absolute Gasteiger partial charge is 0.478 e. The van der Waals surface area contributed by atoms with E-state index < -0.39 is 23.6 Å². The zero-order chi connectivity index (χ0) is 16.6. The standard InChI is InChI=1S/C15H8F3NO4/c16-15(17,18)23-11-7-9(14(20)21)6-10-12(11)19-13(22-10)8-4-2-1-3-5-8/h1-7H,(H,20,21). The summed E-state index contributed by atoms with van der Waals surface area (Å²) in [6.45, 7) is 0. The van der Waals surface area contributed by atoms with E-state index in [2.05, 4.69) is 9.72 Å². The second-order valence-electron chi connectivity index (χ2n) is 4.56. The number of rotatable bonds is 3. The molecule has 0 aliphatic carbocycles. The fraction of sp³-hybridized carbons (Fsp3) is 0.0667. The van der Waals surface area contributed by atoms with Crippen LogP contribution >= 0.6 is 0 Å². The second kappa shape index (κ2) is 5.31. The molecular formula is C15H8F3NO4. The van der Waals surface area contributed by atoms with Gasteiger partial charge in [-0.1, -0.05) is 18.2 Å². The summed E-state index contributed by atoms with van der Waals surface area (Å²) in [7, 11) is 0. The number of carboxylic acid groups (broad SMARTS) is 1. The van der Waals surface area contributed by atoms with Crippen LogP contribution in [0.4, 0.5) is 13.2 Å². The highest BCUT2D eigenvalue weighted by Crippen LogP contribution is 2.34. The van der Waals surface area contributed by atoms with Crippen molar-refractivity contribution in [1.29, 1.82) is 0 Å². The lowest BCUT2D eigenvalue weighted by molar-refractivity contribution is -0.274. The van der Waals surface area contributed by atoms with Gasteiger partial charge in [-0.2, -0.15) is 0 Å². The van der Waals surface area contributed by atoms with Gasteiger partial charge >= 0.3 is 12.3 Å². The van der Waals surface area contributed by atoms with Crippen LogP contribution in [0.25, 0.3) is 22.6 Å². The third-order valence-corrected chi connectivity index (χ3v) is 2.95. The van der Waals surface area contributed by atoms with Crippen molar-refractivity contribution in [3.05, 3.63) is 48.0 Å². The Balaban J connectivity index is 2.19. The maximum atomic E-state index is 12.5. The SMILES string of the molecule is O=C(O)c1cc(OC(F)(F)F)c2nc(-c3ccccc3)oc2c1. The number of nitrogens with zero attached hydrogens (tertiary/aromatic N) is 1. The maximum absolute atomic E-state index is 12.5. The van der Waals surface area contributed by atoms with Gasteiger partial charge in [-0.3, -0.25) is 0 Å². The number of fused-ring (bicyclic) bond motifs is 1. The normalized spacial score (nSPS) is 11.6. The van der Waals surface area contributed by atoms with E-state index in [1.165, 1.54) is 0 Å². The number of alkyl halides is 3.